The number of hydrogen-bond donors (Lipinski definition) is 0. The topological polar surface area (TPSA) is 55.4 Å². The van der Waals surface area contributed by atoms with Gasteiger partial charge in [0.15, 0.2) is 12.6 Å². The number of rotatable bonds is 10. The Kier molecular flexibility index (Phi) is 16.8. The van der Waals surface area contributed by atoms with Gasteiger partial charge in [0, 0.05) is 70.5 Å². The largest absolute Gasteiger partial charge is 0.492 e. The maximum atomic E-state index is 6.51. The van der Waals surface area contributed by atoms with Gasteiger partial charge >= 0.3 is 0 Å². The standard InChI is InChI=1S/C61H56O6/c1-8-26-62-56-39-54(24-20-48-32-43(5)30-46(10-3)36-48)58(66-60-16-12-14-28-64-60)41-52(56)22-18-50-34-45(7)35-51(38-50)19-23-53-42-59(67-61-17-13-15-29-65-61)55(40-57(53)63-27-9-2)25-21-49-33-44(6)31-47(11-4)37-49/h3-4,30-42,60-61H,8-9,12-17,26-29H2,1-2,5-7H3. The third kappa shape index (κ3) is 13.8. The summed E-state index contributed by atoms with van der Waals surface area (Å²) in [7, 11) is 0. The fourth-order valence-corrected chi connectivity index (χ4v) is 7.62. The minimum Gasteiger partial charge on any atom is -0.492 e. The van der Waals surface area contributed by atoms with Gasteiger partial charge in [0.05, 0.1) is 48.7 Å². The molecule has 0 radical (unpaired) electrons. The van der Waals surface area contributed by atoms with Crippen LogP contribution in [-0.2, 0) is 9.47 Å². The summed E-state index contributed by atoms with van der Waals surface area (Å²) in [4.78, 5) is 0. The molecule has 6 nitrogen and oxygen atoms in total. The van der Waals surface area contributed by atoms with Gasteiger partial charge in [-0.25, -0.2) is 0 Å². The molecule has 0 bridgehead atoms. The average molecular weight is 885 g/mol. The molecule has 336 valence electrons. The Bertz CT molecular complexity index is 2740. The van der Waals surface area contributed by atoms with E-state index in [2.05, 4.69) is 73.1 Å². The third-order valence-electron chi connectivity index (χ3n) is 10.8. The van der Waals surface area contributed by atoms with Gasteiger partial charge in [-0.05, 0) is 131 Å². The van der Waals surface area contributed by atoms with Crippen LogP contribution in [0.2, 0.25) is 0 Å². The van der Waals surface area contributed by atoms with Crippen LogP contribution in [-0.4, -0.2) is 39.0 Å². The zero-order valence-electron chi connectivity index (χ0n) is 39.2. The van der Waals surface area contributed by atoms with E-state index in [4.69, 9.17) is 41.3 Å². The molecular formula is C61H56O6. The Labute approximate surface area is 398 Å². The summed E-state index contributed by atoms with van der Waals surface area (Å²) in [6, 6.07) is 25.5. The second-order valence-corrected chi connectivity index (χ2v) is 16.8. The molecule has 2 saturated heterocycles. The number of ether oxygens (including phenoxy) is 6. The Hall–Kier alpha value is -7.42. The van der Waals surface area contributed by atoms with Crippen molar-refractivity contribution in [3.05, 3.63) is 151 Å². The van der Waals surface area contributed by atoms with Crippen LogP contribution in [0.5, 0.6) is 23.0 Å². The molecular weight excluding hydrogens is 829 g/mol. The molecule has 5 aromatic carbocycles. The third-order valence-corrected chi connectivity index (χ3v) is 10.8. The maximum absolute atomic E-state index is 6.51. The number of hydrogen-bond acceptors (Lipinski definition) is 6. The van der Waals surface area contributed by atoms with Crippen LogP contribution in [0.4, 0.5) is 0 Å². The van der Waals surface area contributed by atoms with Crippen LogP contribution >= 0.6 is 0 Å². The van der Waals surface area contributed by atoms with Gasteiger partial charge in [-0.2, -0.15) is 0 Å². The van der Waals surface area contributed by atoms with Crippen molar-refractivity contribution in [3.63, 3.8) is 0 Å². The van der Waals surface area contributed by atoms with E-state index in [1.165, 1.54) is 0 Å². The minimum absolute atomic E-state index is 0.385. The monoisotopic (exact) mass is 884 g/mol. The molecule has 2 fully saturated rings. The molecule has 0 aliphatic carbocycles. The molecule has 0 spiro atoms. The van der Waals surface area contributed by atoms with Crippen LogP contribution in [0.1, 0.15) is 138 Å². The molecule has 0 N–H and O–H groups in total. The normalized spacial score (nSPS) is 15.0. The minimum atomic E-state index is -0.385. The first-order chi connectivity index (χ1) is 32.7. The van der Waals surface area contributed by atoms with Crippen molar-refractivity contribution in [1.82, 2.24) is 0 Å². The summed E-state index contributed by atoms with van der Waals surface area (Å²) < 4.78 is 37.6. The van der Waals surface area contributed by atoms with E-state index in [9.17, 15) is 0 Å². The van der Waals surface area contributed by atoms with Gasteiger partial charge in [-0.3, -0.25) is 0 Å². The van der Waals surface area contributed by atoms with Gasteiger partial charge in [-0.1, -0.05) is 73.1 Å². The molecule has 2 aliphatic rings. The van der Waals surface area contributed by atoms with E-state index in [0.717, 1.165) is 101 Å². The van der Waals surface area contributed by atoms with Gasteiger partial charge in [0.25, 0.3) is 0 Å². The Morgan fingerprint density at radius 2 is 0.761 bits per heavy atom. The van der Waals surface area contributed by atoms with E-state index >= 15 is 0 Å². The summed E-state index contributed by atoms with van der Waals surface area (Å²) >= 11 is 0. The fraction of sp³-hybridized carbons (Fsp3) is 0.311. The summed E-state index contributed by atoms with van der Waals surface area (Å²) in [6.07, 6.45) is 18.0. The Balaban J connectivity index is 1.25. The highest BCUT2D eigenvalue weighted by Gasteiger charge is 2.21. The second-order valence-electron chi connectivity index (χ2n) is 16.8. The fourth-order valence-electron chi connectivity index (χ4n) is 7.62. The molecule has 67 heavy (non-hydrogen) atoms. The molecule has 6 heteroatoms. The van der Waals surface area contributed by atoms with Crippen LogP contribution in [0, 0.1) is 92.8 Å². The highest BCUT2D eigenvalue weighted by atomic mass is 16.7. The SMILES string of the molecule is C#Cc1cc(C)cc(C#Cc2cc(OCCC)c(C#Cc3cc(C)cc(C#Cc4cc(OC5CCCCO5)c(C#Cc5cc(C)cc(C#C)c5)cc4OCCC)c3)cc2OC2CCCCO2)c1. The van der Waals surface area contributed by atoms with Crippen molar-refractivity contribution in [2.24, 2.45) is 0 Å². The molecule has 0 aromatic heterocycles. The molecule has 0 amide bonds. The van der Waals surface area contributed by atoms with E-state index < -0.39 is 0 Å². The van der Waals surface area contributed by atoms with Crippen molar-refractivity contribution in [2.75, 3.05) is 26.4 Å². The van der Waals surface area contributed by atoms with Gasteiger partial charge < -0.3 is 28.4 Å². The molecule has 5 aromatic rings. The van der Waals surface area contributed by atoms with E-state index in [0.29, 0.717) is 71.7 Å². The summed E-state index contributed by atoms with van der Waals surface area (Å²) in [5.74, 6) is 34.7. The van der Waals surface area contributed by atoms with Crippen molar-refractivity contribution >= 4 is 0 Å². The van der Waals surface area contributed by atoms with Crippen LogP contribution < -0.4 is 18.9 Å². The highest BCUT2D eigenvalue weighted by molar-refractivity contribution is 5.63. The van der Waals surface area contributed by atoms with Crippen molar-refractivity contribution < 1.29 is 28.4 Å². The number of terminal acetylenes is 2. The predicted octanol–water partition coefficient (Wildman–Crippen LogP) is 11.6. The summed E-state index contributed by atoms with van der Waals surface area (Å²) in [5, 5.41) is 0. The van der Waals surface area contributed by atoms with E-state index in [1.807, 2.05) is 99.6 Å². The van der Waals surface area contributed by atoms with Crippen molar-refractivity contribution in [3.8, 4) is 95.0 Å². The van der Waals surface area contributed by atoms with Crippen LogP contribution in [0.25, 0.3) is 0 Å². The second kappa shape index (κ2) is 23.7. The Morgan fingerprint density at radius 3 is 1.09 bits per heavy atom. The zero-order valence-corrected chi connectivity index (χ0v) is 39.2. The van der Waals surface area contributed by atoms with E-state index in [-0.39, 0.29) is 12.6 Å². The zero-order chi connectivity index (χ0) is 47.0. The highest BCUT2D eigenvalue weighted by Crippen LogP contribution is 2.33. The smallest absolute Gasteiger partial charge is 0.199 e. The molecule has 7 rings (SSSR count). The first-order valence-electron chi connectivity index (χ1n) is 23.2. The van der Waals surface area contributed by atoms with Gasteiger partial charge in [0.2, 0.25) is 0 Å². The average Bonchev–Trinajstić information content (AvgIpc) is 3.33. The van der Waals surface area contributed by atoms with Crippen LogP contribution in [0.3, 0.4) is 0 Å². The predicted molar refractivity (Wildman–Crippen MR) is 266 cm³/mol. The summed E-state index contributed by atoms with van der Waals surface area (Å²) in [5.41, 5.74) is 10.6. The Morgan fingerprint density at radius 1 is 0.433 bits per heavy atom. The molecule has 2 unspecified atom stereocenters. The van der Waals surface area contributed by atoms with Crippen LogP contribution in [0.15, 0.2) is 78.9 Å². The molecule has 0 saturated carbocycles. The lowest BCUT2D eigenvalue weighted by Gasteiger charge is -2.24. The molecule has 2 aliphatic heterocycles. The molecule has 2 heterocycles. The van der Waals surface area contributed by atoms with Gasteiger partial charge in [0.1, 0.15) is 23.0 Å². The van der Waals surface area contributed by atoms with Crippen molar-refractivity contribution in [2.45, 2.75) is 98.6 Å². The van der Waals surface area contributed by atoms with Gasteiger partial charge in [-0.15, -0.1) is 12.8 Å². The first-order valence-corrected chi connectivity index (χ1v) is 23.2. The van der Waals surface area contributed by atoms with Crippen molar-refractivity contribution in [1.29, 1.82) is 0 Å². The quantitative estimate of drug-likeness (QED) is 0.130. The maximum Gasteiger partial charge on any atom is 0.199 e. The lowest BCUT2D eigenvalue weighted by Crippen LogP contribution is -2.25. The molecule has 2 atom stereocenters. The lowest BCUT2D eigenvalue weighted by atomic mass is 10.0. The first kappa shape index (κ1) is 47.5. The number of aryl methyl sites for hydroxylation is 3. The number of benzene rings is 5. The summed E-state index contributed by atoms with van der Waals surface area (Å²) in [6.45, 7) is 12.5. The van der Waals surface area contributed by atoms with E-state index in [1.54, 1.807) is 0 Å². The lowest BCUT2D eigenvalue weighted by molar-refractivity contribution is -0.106.